The van der Waals surface area contributed by atoms with E-state index in [1.807, 2.05) is 18.3 Å². The minimum Gasteiger partial charge on any atom is -0.462 e. The first-order chi connectivity index (χ1) is 10.2. The van der Waals surface area contributed by atoms with Crippen LogP contribution in [0.25, 0.3) is 0 Å². The van der Waals surface area contributed by atoms with Crippen molar-refractivity contribution in [2.24, 2.45) is 0 Å². The number of esters is 1. The molecular weight excluding hydrogens is 266 g/mol. The fraction of sp³-hybridized carbons (Fsp3) is 0.250. The van der Waals surface area contributed by atoms with Gasteiger partial charge in [0.2, 0.25) is 0 Å². The third kappa shape index (κ3) is 4.21. The van der Waals surface area contributed by atoms with Gasteiger partial charge in [-0.25, -0.2) is 4.79 Å². The van der Waals surface area contributed by atoms with Gasteiger partial charge >= 0.3 is 5.97 Å². The van der Waals surface area contributed by atoms with Crippen molar-refractivity contribution in [3.05, 3.63) is 53.9 Å². The van der Waals surface area contributed by atoms with Crippen LogP contribution >= 0.6 is 0 Å². The van der Waals surface area contributed by atoms with Gasteiger partial charge in [0.25, 0.3) is 0 Å². The van der Waals surface area contributed by atoms with Crippen LogP contribution in [0.2, 0.25) is 0 Å². The number of rotatable bonds is 6. The first-order valence-corrected chi connectivity index (χ1v) is 6.90. The van der Waals surface area contributed by atoms with Gasteiger partial charge in [-0.2, -0.15) is 0 Å². The summed E-state index contributed by atoms with van der Waals surface area (Å²) < 4.78 is 5.04. The van der Waals surface area contributed by atoms with Crippen molar-refractivity contribution in [2.45, 2.75) is 13.3 Å². The topological polar surface area (TPSA) is 77.2 Å². The van der Waals surface area contributed by atoms with Gasteiger partial charge < -0.3 is 15.8 Å². The fourth-order valence-corrected chi connectivity index (χ4v) is 1.98. The molecule has 0 saturated carbocycles. The van der Waals surface area contributed by atoms with Crippen LogP contribution in [0.1, 0.15) is 22.8 Å². The van der Waals surface area contributed by atoms with Gasteiger partial charge in [0.1, 0.15) is 0 Å². The highest BCUT2D eigenvalue weighted by Crippen LogP contribution is 2.20. The van der Waals surface area contributed by atoms with Gasteiger partial charge in [0.15, 0.2) is 0 Å². The number of anilines is 2. The summed E-state index contributed by atoms with van der Waals surface area (Å²) in [6, 6.07) is 9.11. The molecule has 0 fully saturated rings. The molecule has 2 rings (SSSR count). The summed E-state index contributed by atoms with van der Waals surface area (Å²) in [4.78, 5) is 16.0. The standard InChI is InChI=1S/C16H19N3O2/c1-2-21-16(20)14-10-13(17)5-6-15(14)19-9-7-12-4-3-8-18-11-12/h3-6,8,10-11,19H,2,7,9,17H2,1H3. The molecule has 0 unspecified atom stereocenters. The van der Waals surface area contributed by atoms with Crippen molar-refractivity contribution in [1.82, 2.24) is 4.98 Å². The lowest BCUT2D eigenvalue weighted by molar-refractivity contribution is 0.0527. The Labute approximate surface area is 124 Å². The van der Waals surface area contributed by atoms with Crippen molar-refractivity contribution < 1.29 is 9.53 Å². The van der Waals surface area contributed by atoms with E-state index < -0.39 is 0 Å². The average Bonchev–Trinajstić information content (AvgIpc) is 2.50. The molecule has 0 atom stereocenters. The number of nitrogen functional groups attached to an aromatic ring is 1. The monoisotopic (exact) mass is 285 g/mol. The predicted octanol–water partition coefficient (Wildman–Crippen LogP) is 2.50. The Bertz CT molecular complexity index is 600. The van der Waals surface area contributed by atoms with Gasteiger partial charge in [0, 0.05) is 30.3 Å². The molecule has 21 heavy (non-hydrogen) atoms. The molecule has 0 amide bonds. The molecule has 0 aliphatic carbocycles. The van der Waals surface area contributed by atoms with Gasteiger partial charge in [0.05, 0.1) is 12.2 Å². The highest BCUT2D eigenvalue weighted by molar-refractivity contribution is 5.96. The molecule has 110 valence electrons. The summed E-state index contributed by atoms with van der Waals surface area (Å²) in [5.41, 5.74) is 8.60. The normalized spacial score (nSPS) is 10.1. The largest absolute Gasteiger partial charge is 0.462 e. The number of nitrogens with one attached hydrogen (secondary N) is 1. The van der Waals surface area contributed by atoms with E-state index in [1.165, 1.54) is 0 Å². The van der Waals surface area contributed by atoms with E-state index >= 15 is 0 Å². The number of nitrogens with zero attached hydrogens (tertiary/aromatic N) is 1. The smallest absolute Gasteiger partial charge is 0.340 e. The Morgan fingerprint density at radius 1 is 1.38 bits per heavy atom. The minimum absolute atomic E-state index is 0.336. The van der Waals surface area contributed by atoms with Gasteiger partial charge in [-0.15, -0.1) is 0 Å². The Kier molecular flexibility index (Phi) is 5.15. The van der Waals surface area contributed by atoms with Gasteiger partial charge in [-0.1, -0.05) is 6.07 Å². The lowest BCUT2D eigenvalue weighted by atomic mass is 10.1. The van der Waals surface area contributed by atoms with E-state index in [-0.39, 0.29) is 5.97 Å². The maximum Gasteiger partial charge on any atom is 0.340 e. The first-order valence-electron chi connectivity index (χ1n) is 6.90. The van der Waals surface area contributed by atoms with Crippen LogP contribution < -0.4 is 11.1 Å². The van der Waals surface area contributed by atoms with E-state index in [2.05, 4.69) is 10.3 Å². The molecule has 0 radical (unpaired) electrons. The second-order valence-corrected chi connectivity index (χ2v) is 4.56. The van der Waals surface area contributed by atoms with Crippen LogP contribution in [0.5, 0.6) is 0 Å². The summed E-state index contributed by atoms with van der Waals surface area (Å²) >= 11 is 0. The second-order valence-electron chi connectivity index (χ2n) is 4.56. The molecule has 2 aromatic rings. The number of carbonyl (C=O) groups excluding carboxylic acids is 1. The van der Waals surface area contributed by atoms with Crippen molar-refractivity contribution >= 4 is 17.3 Å². The zero-order valence-electron chi connectivity index (χ0n) is 12.0. The highest BCUT2D eigenvalue weighted by Gasteiger charge is 2.12. The summed E-state index contributed by atoms with van der Waals surface area (Å²) in [5.74, 6) is -0.367. The predicted molar refractivity (Wildman–Crippen MR) is 83.2 cm³/mol. The quantitative estimate of drug-likeness (QED) is 0.630. The molecule has 5 nitrogen and oxygen atoms in total. The van der Waals surface area contributed by atoms with Crippen LogP contribution in [-0.4, -0.2) is 24.1 Å². The molecule has 0 aliphatic heterocycles. The number of hydrogen-bond acceptors (Lipinski definition) is 5. The van der Waals surface area contributed by atoms with Crippen LogP contribution in [-0.2, 0) is 11.2 Å². The molecule has 1 aromatic heterocycles. The third-order valence-electron chi connectivity index (χ3n) is 2.99. The first kappa shape index (κ1) is 14.8. The van der Waals surface area contributed by atoms with E-state index in [0.717, 1.165) is 17.7 Å². The van der Waals surface area contributed by atoms with E-state index in [4.69, 9.17) is 10.5 Å². The minimum atomic E-state index is -0.367. The number of nitrogens with two attached hydrogens (primary N) is 1. The maximum atomic E-state index is 11.9. The van der Waals surface area contributed by atoms with E-state index in [9.17, 15) is 4.79 Å². The Morgan fingerprint density at radius 2 is 2.24 bits per heavy atom. The Hall–Kier alpha value is -2.56. The third-order valence-corrected chi connectivity index (χ3v) is 2.99. The molecule has 3 N–H and O–H groups in total. The van der Waals surface area contributed by atoms with Crippen LogP contribution in [0.4, 0.5) is 11.4 Å². The molecule has 1 aromatic carbocycles. The summed E-state index contributed by atoms with van der Waals surface area (Å²) in [6.45, 7) is 2.81. The number of benzene rings is 1. The Morgan fingerprint density at radius 3 is 2.95 bits per heavy atom. The number of aromatic nitrogens is 1. The maximum absolute atomic E-state index is 11.9. The summed E-state index contributed by atoms with van der Waals surface area (Å²) in [6.07, 6.45) is 4.40. The van der Waals surface area contributed by atoms with E-state index in [1.54, 1.807) is 31.3 Å². The van der Waals surface area contributed by atoms with Crippen molar-refractivity contribution in [3.63, 3.8) is 0 Å². The molecule has 0 saturated heterocycles. The molecule has 1 heterocycles. The highest BCUT2D eigenvalue weighted by atomic mass is 16.5. The molecule has 5 heteroatoms. The molecular formula is C16H19N3O2. The lowest BCUT2D eigenvalue weighted by Crippen LogP contribution is -2.12. The van der Waals surface area contributed by atoms with Crippen molar-refractivity contribution in [2.75, 3.05) is 24.2 Å². The molecule has 0 aliphatic rings. The zero-order chi connectivity index (χ0) is 15.1. The van der Waals surface area contributed by atoms with Crippen LogP contribution in [0.3, 0.4) is 0 Å². The molecule has 0 spiro atoms. The Balaban J connectivity index is 2.03. The van der Waals surface area contributed by atoms with Crippen molar-refractivity contribution in [3.8, 4) is 0 Å². The molecule has 0 bridgehead atoms. The van der Waals surface area contributed by atoms with Crippen LogP contribution in [0.15, 0.2) is 42.7 Å². The number of ether oxygens (including phenoxy) is 1. The fourth-order valence-electron chi connectivity index (χ4n) is 1.98. The number of pyridine rings is 1. The van der Waals surface area contributed by atoms with Gasteiger partial charge in [-0.05, 0) is 43.2 Å². The van der Waals surface area contributed by atoms with Crippen molar-refractivity contribution in [1.29, 1.82) is 0 Å². The van der Waals surface area contributed by atoms with Crippen LogP contribution in [0, 0.1) is 0 Å². The van der Waals surface area contributed by atoms with Gasteiger partial charge in [-0.3, -0.25) is 4.98 Å². The number of carbonyl (C=O) groups is 1. The zero-order valence-corrected chi connectivity index (χ0v) is 12.0. The SMILES string of the molecule is CCOC(=O)c1cc(N)ccc1NCCc1cccnc1. The average molecular weight is 285 g/mol. The second kappa shape index (κ2) is 7.28. The number of hydrogen-bond donors (Lipinski definition) is 2. The van der Waals surface area contributed by atoms with E-state index in [0.29, 0.717) is 24.4 Å². The summed E-state index contributed by atoms with van der Waals surface area (Å²) in [5, 5.41) is 3.24. The summed E-state index contributed by atoms with van der Waals surface area (Å²) in [7, 11) is 0. The lowest BCUT2D eigenvalue weighted by Gasteiger charge is -2.12.